The Kier molecular flexibility index (Phi) is 5.97. The molecule has 0 atom stereocenters. The first-order valence-electron chi connectivity index (χ1n) is 8.33. The summed E-state index contributed by atoms with van der Waals surface area (Å²) in [5, 5.41) is 30.0. The molecule has 1 amide bonds. The molecule has 0 heterocycles. The summed E-state index contributed by atoms with van der Waals surface area (Å²) in [5.74, 6) is 0. The van der Waals surface area contributed by atoms with Gasteiger partial charge >= 0.3 is 6.09 Å². The smallest absolute Gasteiger partial charge is 0.412 e. The number of rotatable bonds is 5. The minimum absolute atomic E-state index is 0.0959. The highest BCUT2D eigenvalue weighted by atomic mass is 16.6. The lowest BCUT2D eigenvalue weighted by atomic mass is 10.0. The highest BCUT2D eigenvalue weighted by Gasteiger charge is 2.28. The van der Waals surface area contributed by atoms with Crippen LogP contribution in [0.2, 0.25) is 0 Å². The molecular formula is C20H22N2O5. The number of nitro benzene ring substituents is 1. The van der Waals surface area contributed by atoms with Crippen molar-refractivity contribution in [1.29, 1.82) is 0 Å². The van der Waals surface area contributed by atoms with E-state index >= 15 is 0 Å². The number of amides is 1. The fourth-order valence-electron chi connectivity index (χ4n) is 2.77. The van der Waals surface area contributed by atoms with E-state index in [0.29, 0.717) is 22.4 Å². The Hall–Kier alpha value is -3.19. The van der Waals surface area contributed by atoms with Crippen molar-refractivity contribution in [2.24, 2.45) is 0 Å². The van der Waals surface area contributed by atoms with Crippen LogP contribution in [0.5, 0.6) is 0 Å². The Morgan fingerprint density at radius 2 is 1.78 bits per heavy atom. The van der Waals surface area contributed by atoms with Crippen LogP contribution in [-0.4, -0.2) is 26.8 Å². The van der Waals surface area contributed by atoms with Gasteiger partial charge in [0.2, 0.25) is 0 Å². The van der Waals surface area contributed by atoms with Crippen LogP contribution in [0.25, 0.3) is 12.2 Å². The molecule has 142 valence electrons. The van der Waals surface area contributed by atoms with E-state index in [4.69, 9.17) is 0 Å². The van der Waals surface area contributed by atoms with Crippen molar-refractivity contribution < 1.29 is 19.9 Å². The van der Waals surface area contributed by atoms with Gasteiger partial charge in [0.25, 0.3) is 5.69 Å². The minimum Gasteiger partial charge on any atom is -0.465 e. The second-order valence-electron chi connectivity index (χ2n) is 6.98. The van der Waals surface area contributed by atoms with Gasteiger partial charge in [-0.15, -0.1) is 0 Å². The molecule has 0 aliphatic heterocycles. The molecule has 0 spiro atoms. The van der Waals surface area contributed by atoms with Crippen molar-refractivity contribution in [2.45, 2.75) is 32.9 Å². The van der Waals surface area contributed by atoms with Crippen molar-refractivity contribution >= 4 is 29.6 Å². The van der Waals surface area contributed by atoms with E-state index in [1.54, 1.807) is 42.5 Å². The van der Waals surface area contributed by atoms with Crippen molar-refractivity contribution in [3.05, 3.63) is 69.3 Å². The van der Waals surface area contributed by atoms with Crippen LogP contribution in [0.15, 0.2) is 42.5 Å². The average Bonchev–Trinajstić information content (AvgIpc) is 2.59. The topological polar surface area (TPSA) is 104 Å². The van der Waals surface area contributed by atoms with Gasteiger partial charge in [-0.05, 0) is 49.6 Å². The molecule has 27 heavy (non-hydrogen) atoms. The van der Waals surface area contributed by atoms with E-state index in [1.807, 2.05) is 20.8 Å². The summed E-state index contributed by atoms with van der Waals surface area (Å²) in [6.45, 7) is 5.08. The van der Waals surface area contributed by atoms with Crippen LogP contribution in [0.1, 0.15) is 37.5 Å². The second kappa shape index (κ2) is 8.01. The number of benzene rings is 2. The number of hydrogen-bond acceptors (Lipinski definition) is 4. The monoisotopic (exact) mass is 370 g/mol. The fourth-order valence-corrected chi connectivity index (χ4v) is 2.77. The predicted molar refractivity (Wildman–Crippen MR) is 105 cm³/mol. The first-order chi connectivity index (χ1) is 12.6. The summed E-state index contributed by atoms with van der Waals surface area (Å²) >= 11 is 0. The number of non-ortho nitro benzene ring substituents is 1. The molecule has 2 aromatic rings. The minimum atomic E-state index is -1.06. The van der Waals surface area contributed by atoms with Crippen LogP contribution in [0.4, 0.5) is 16.2 Å². The van der Waals surface area contributed by atoms with Crippen LogP contribution in [-0.2, 0) is 6.61 Å². The molecule has 2 aromatic carbocycles. The van der Waals surface area contributed by atoms with Crippen LogP contribution < -0.4 is 4.90 Å². The molecule has 7 heteroatoms. The molecule has 7 nitrogen and oxygen atoms in total. The highest BCUT2D eigenvalue weighted by Crippen LogP contribution is 2.29. The number of nitrogens with zero attached hydrogens (tertiary/aromatic N) is 2. The third-order valence-electron chi connectivity index (χ3n) is 3.99. The Morgan fingerprint density at radius 1 is 1.15 bits per heavy atom. The zero-order valence-electron chi connectivity index (χ0n) is 15.4. The predicted octanol–water partition coefficient (Wildman–Crippen LogP) is 4.54. The van der Waals surface area contributed by atoms with Crippen molar-refractivity contribution in [3.8, 4) is 0 Å². The first kappa shape index (κ1) is 20.1. The Morgan fingerprint density at radius 3 is 2.33 bits per heavy atom. The molecule has 0 saturated carbocycles. The number of nitro groups is 1. The summed E-state index contributed by atoms with van der Waals surface area (Å²) in [5.41, 5.74) is 1.51. The van der Waals surface area contributed by atoms with Crippen molar-refractivity contribution in [3.63, 3.8) is 0 Å². The fraction of sp³-hybridized carbons (Fsp3) is 0.250. The number of anilines is 1. The molecular weight excluding hydrogens is 348 g/mol. The van der Waals surface area contributed by atoms with Gasteiger partial charge in [-0.2, -0.15) is 0 Å². The van der Waals surface area contributed by atoms with Gasteiger partial charge in [-0.25, -0.2) is 4.79 Å². The zero-order chi connectivity index (χ0) is 20.2. The molecule has 0 unspecified atom stereocenters. The first-order valence-corrected chi connectivity index (χ1v) is 8.33. The lowest BCUT2D eigenvalue weighted by Gasteiger charge is -2.34. The number of para-hydroxylation sites is 1. The van der Waals surface area contributed by atoms with E-state index < -0.39 is 16.6 Å². The van der Waals surface area contributed by atoms with E-state index in [9.17, 15) is 25.1 Å². The van der Waals surface area contributed by atoms with Crippen LogP contribution in [0, 0.1) is 10.1 Å². The Balaban J connectivity index is 2.47. The summed E-state index contributed by atoms with van der Waals surface area (Å²) in [7, 11) is 0. The average molecular weight is 370 g/mol. The van der Waals surface area contributed by atoms with Gasteiger partial charge in [-0.3, -0.25) is 15.0 Å². The highest BCUT2D eigenvalue weighted by molar-refractivity contribution is 5.92. The molecule has 0 saturated heterocycles. The normalized spacial score (nSPS) is 11.6. The van der Waals surface area contributed by atoms with Crippen molar-refractivity contribution in [2.75, 3.05) is 4.90 Å². The molecule has 0 fully saturated rings. The molecule has 0 aliphatic carbocycles. The number of aliphatic hydroxyl groups is 1. The third-order valence-corrected chi connectivity index (χ3v) is 3.99. The third kappa shape index (κ3) is 4.71. The van der Waals surface area contributed by atoms with Gasteiger partial charge in [0.05, 0.1) is 17.2 Å². The summed E-state index contributed by atoms with van der Waals surface area (Å²) in [4.78, 5) is 23.4. The largest absolute Gasteiger partial charge is 0.465 e. The summed E-state index contributed by atoms with van der Waals surface area (Å²) < 4.78 is 0. The lowest BCUT2D eigenvalue weighted by Crippen LogP contribution is -2.45. The zero-order valence-corrected chi connectivity index (χ0v) is 15.4. The summed E-state index contributed by atoms with van der Waals surface area (Å²) in [6, 6.07) is 11.3. The van der Waals surface area contributed by atoms with Gasteiger partial charge in [0.1, 0.15) is 0 Å². The number of carbonyl (C=O) groups is 1. The maximum absolute atomic E-state index is 11.8. The van der Waals surface area contributed by atoms with Gasteiger partial charge in [-0.1, -0.05) is 30.4 Å². The van der Waals surface area contributed by atoms with Gasteiger partial charge < -0.3 is 10.2 Å². The lowest BCUT2D eigenvalue weighted by molar-refractivity contribution is -0.384. The molecule has 0 aromatic heterocycles. The van der Waals surface area contributed by atoms with E-state index in [1.165, 1.54) is 17.0 Å². The van der Waals surface area contributed by atoms with E-state index in [2.05, 4.69) is 0 Å². The molecule has 0 aliphatic rings. The van der Waals surface area contributed by atoms with Crippen molar-refractivity contribution in [1.82, 2.24) is 0 Å². The molecule has 2 rings (SSSR count). The van der Waals surface area contributed by atoms with Gasteiger partial charge in [0.15, 0.2) is 0 Å². The standard InChI is InChI=1S/C20H22N2O5/c1-20(2,3)21(19(24)25)18-7-5-4-6-15(18)9-8-14-10-11-17(22(26)27)12-16(14)13-23/h4-12,23H,13H2,1-3H3,(H,24,25). The maximum atomic E-state index is 11.8. The Labute approximate surface area is 157 Å². The molecule has 0 radical (unpaired) electrons. The maximum Gasteiger partial charge on any atom is 0.412 e. The van der Waals surface area contributed by atoms with Gasteiger partial charge in [0, 0.05) is 17.7 Å². The second-order valence-corrected chi connectivity index (χ2v) is 6.98. The van der Waals surface area contributed by atoms with Crippen LogP contribution in [0.3, 0.4) is 0 Å². The summed E-state index contributed by atoms with van der Waals surface area (Å²) in [6.07, 6.45) is 2.38. The molecule has 2 N–H and O–H groups in total. The number of hydrogen-bond donors (Lipinski definition) is 2. The molecule has 0 bridgehead atoms. The quantitative estimate of drug-likeness (QED) is 0.457. The van der Waals surface area contributed by atoms with Crippen LogP contribution >= 0.6 is 0 Å². The SMILES string of the molecule is CC(C)(C)N(C(=O)O)c1ccccc1C=Cc1ccc([N+](=O)[O-])cc1CO. The van der Waals surface area contributed by atoms with E-state index in [-0.39, 0.29) is 12.3 Å². The number of aliphatic hydroxyl groups excluding tert-OH is 1. The Bertz CT molecular complexity index is 884. The van der Waals surface area contributed by atoms with E-state index in [0.717, 1.165) is 0 Å². The number of carboxylic acid groups (broad SMARTS) is 1.